The predicted molar refractivity (Wildman–Crippen MR) is 85.5 cm³/mol. The minimum Gasteiger partial charge on any atom is -0.496 e. The van der Waals surface area contributed by atoms with Gasteiger partial charge in [0.1, 0.15) is 12.3 Å². The molecule has 2 heterocycles. The third kappa shape index (κ3) is 2.71. The van der Waals surface area contributed by atoms with E-state index >= 15 is 0 Å². The molecular formula is C15H13N3O3S. The molecule has 6 nitrogen and oxygen atoms in total. The summed E-state index contributed by atoms with van der Waals surface area (Å²) in [5.41, 5.74) is -0.231. The zero-order chi connectivity index (χ0) is 15.5. The van der Waals surface area contributed by atoms with E-state index in [1.807, 2.05) is 0 Å². The second-order valence-corrected chi connectivity index (χ2v) is 5.45. The summed E-state index contributed by atoms with van der Waals surface area (Å²) in [6.45, 7) is -0.0639. The van der Waals surface area contributed by atoms with Crippen molar-refractivity contribution in [2.45, 2.75) is 6.54 Å². The predicted octanol–water partition coefficient (Wildman–Crippen LogP) is 2.11. The number of benzene rings is 1. The van der Waals surface area contributed by atoms with E-state index in [0.717, 1.165) is 5.39 Å². The quantitative estimate of drug-likeness (QED) is 0.800. The first-order valence-corrected chi connectivity index (χ1v) is 7.42. The molecule has 3 rings (SSSR count). The van der Waals surface area contributed by atoms with Crippen LogP contribution in [0.3, 0.4) is 0 Å². The minimum atomic E-state index is -0.292. The van der Waals surface area contributed by atoms with Gasteiger partial charge in [-0.25, -0.2) is 4.98 Å². The summed E-state index contributed by atoms with van der Waals surface area (Å²) in [6.07, 6.45) is 3.20. The monoisotopic (exact) mass is 315 g/mol. The van der Waals surface area contributed by atoms with Crippen LogP contribution in [0.2, 0.25) is 0 Å². The van der Waals surface area contributed by atoms with Gasteiger partial charge < -0.3 is 14.6 Å². The van der Waals surface area contributed by atoms with Crippen molar-refractivity contribution in [3.8, 4) is 5.75 Å². The molecule has 0 aliphatic carbocycles. The molecule has 1 amide bonds. The fourth-order valence-corrected chi connectivity index (χ4v) is 2.74. The van der Waals surface area contributed by atoms with Crippen molar-refractivity contribution in [1.29, 1.82) is 0 Å². The molecule has 0 unspecified atom stereocenters. The Morgan fingerprint density at radius 3 is 2.95 bits per heavy atom. The number of nitrogens with one attached hydrogen (secondary N) is 1. The van der Waals surface area contributed by atoms with Crippen LogP contribution in [-0.2, 0) is 11.3 Å². The highest BCUT2D eigenvalue weighted by molar-refractivity contribution is 7.13. The van der Waals surface area contributed by atoms with E-state index in [0.29, 0.717) is 16.3 Å². The van der Waals surface area contributed by atoms with Crippen LogP contribution in [0, 0.1) is 0 Å². The molecule has 0 aliphatic heterocycles. The third-order valence-electron chi connectivity index (χ3n) is 3.19. The summed E-state index contributed by atoms with van der Waals surface area (Å²) >= 11 is 1.33. The maximum atomic E-state index is 12.4. The summed E-state index contributed by atoms with van der Waals surface area (Å²) in [6, 6.07) is 7.03. The van der Waals surface area contributed by atoms with Gasteiger partial charge in [0.15, 0.2) is 5.13 Å². The second kappa shape index (κ2) is 5.98. The number of hydrogen-bond donors (Lipinski definition) is 1. The second-order valence-electron chi connectivity index (χ2n) is 4.56. The van der Waals surface area contributed by atoms with Crippen molar-refractivity contribution in [1.82, 2.24) is 9.55 Å². The number of carbonyl (C=O) groups is 1. The molecule has 0 atom stereocenters. The molecule has 0 fully saturated rings. The topological polar surface area (TPSA) is 73.2 Å². The molecule has 22 heavy (non-hydrogen) atoms. The van der Waals surface area contributed by atoms with Gasteiger partial charge in [0.05, 0.1) is 12.5 Å². The van der Waals surface area contributed by atoms with Crippen LogP contribution in [0.1, 0.15) is 0 Å². The van der Waals surface area contributed by atoms with Gasteiger partial charge in [-0.05, 0) is 18.2 Å². The number of thiazole rings is 1. The summed E-state index contributed by atoms with van der Waals surface area (Å²) in [5, 5.41) is 6.18. The van der Waals surface area contributed by atoms with E-state index in [9.17, 15) is 9.59 Å². The van der Waals surface area contributed by atoms with Gasteiger partial charge >= 0.3 is 0 Å². The van der Waals surface area contributed by atoms with Gasteiger partial charge in [0.25, 0.3) is 5.56 Å². The average Bonchev–Trinajstić information content (AvgIpc) is 3.02. The van der Waals surface area contributed by atoms with E-state index in [2.05, 4.69) is 10.3 Å². The van der Waals surface area contributed by atoms with Crippen molar-refractivity contribution in [3.05, 3.63) is 52.4 Å². The lowest BCUT2D eigenvalue weighted by Gasteiger charge is -2.09. The smallest absolute Gasteiger partial charge is 0.259 e. The largest absolute Gasteiger partial charge is 0.496 e. The molecule has 2 aromatic heterocycles. The molecule has 0 saturated carbocycles. The lowest BCUT2D eigenvalue weighted by atomic mass is 10.1. The number of carbonyl (C=O) groups excluding carboxylic acids is 1. The van der Waals surface area contributed by atoms with E-state index < -0.39 is 0 Å². The van der Waals surface area contributed by atoms with E-state index in [4.69, 9.17) is 4.74 Å². The number of aromatic nitrogens is 2. The van der Waals surface area contributed by atoms with Crippen molar-refractivity contribution in [2.75, 3.05) is 12.4 Å². The zero-order valence-electron chi connectivity index (χ0n) is 11.8. The molecule has 1 N–H and O–H groups in total. The van der Waals surface area contributed by atoms with E-state index in [1.54, 1.807) is 49.1 Å². The first kappa shape index (κ1) is 14.3. The highest BCUT2D eigenvalue weighted by atomic mass is 32.1. The van der Waals surface area contributed by atoms with Crippen LogP contribution < -0.4 is 15.6 Å². The lowest BCUT2D eigenvalue weighted by Crippen LogP contribution is -2.27. The number of pyridine rings is 1. The van der Waals surface area contributed by atoms with Crippen molar-refractivity contribution >= 4 is 33.1 Å². The summed E-state index contributed by atoms with van der Waals surface area (Å²) in [7, 11) is 1.56. The van der Waals surface area contributed by atoms with Gasteiger partial charge in [-0.2, -0.15) is 0 Å². The maximum absolute atomic E-state index is 12.4. The summed E-state index contributed by atoms with van der Waals surface area (Å²) < 4.78 is 6.61. The van der Waals surface area contributed by atoms with Crippen LogP contribution in [0.15, 0.2) is 46.8 Å². The van der Waals surface area contributed by atoms with Crippen LogP contribution in [0.25, 0.3) is 10.8 Å². The zero-order valence-corrected chi connectivity index (χ0v) is 12.6. The minimum absolute atomic E-state index is 0.0639. The number of rotatable bonds is 4. The average molecular weight is 315 g/mol. The van der Waals surface area contributed by atoms with Gasteiger partial charge in [-0.3, -0.25) is 9.59 Å². The molecule has 0 saturated heterocycles. The Labute approximate surface area is 130 Å². The number of fused-ring (bicyclic) bond motifs is 1. The number of hydrogen-bond acceptors (Lipinski definition) is 5. The molecular weight excluding hydrogens is 302 g/mol. The number of amides is 1. The lowest BCUT2D eigenvalue weighted by molar-refractivity contribution is -0.116. The Morgan fingerprint density at radius 2 is 2.23 bits per heavy atom. The summed E-state index contributed by atoms with van der Waals surface area (Å²) in [4.78, 5) is 28.4. The molecule has 1 aromatic carbocycles. The third-order valence-corrected chi connectivity index (χ3v) is 3.88. The van der Waals surface area contributed by atoms with Gasteiger partial charge in [-0.15, -0.1) is 11.3 Å². The first-order valence-electron chi connectivity index (χ1n) is 6.54. The number of nitrogens with zero attached hydrogens (tertiary/aromatic N) is 2. The fraction of sp³-hybridized carbons (Fsp3) is 0.133. The number of anilines is 1. The highest BCUT2D eigenvalue weighted by Gasteiger charge is 2.10. The summed E-state index contributed by atoms with van der Waals surface area (Å²) in [5.74, 6) is 0.341. The Bertz CT molecular complexity index is 871. The van der Waals surface area contributed by atoms with Gasteiger partial charge in [-0.1, -0.05) is 6.07 Å². The van der Waals surface area contributed by atoms with Crippen LogP contribution in [0.5, 0.6) is 5.75 Å². The molecule has 112 valence electrons. The molecule has 0 radical (unpaired) electrons. The van der Waals surface area contributed by atoms with Crippen LogP contribution >= 0.6 is 11.3 Å². The van der Waals surface area contributed by atoms with E-state index in [1.165, 1.54) is 15.9 Å². The Balaban J connectivity index is 1.90. The Hall–Kier alpha value is -2.67. The SMILES string of the molecule is COc1cccc2c(=O)n(CC(=O)Nc3nccs3)ccc12. The van der Waals surface area contributed by atoms with Gasteiger partial charge in [0, 0.05) is 23.2 Å². The van der Waals surface area contributed by atoms with Crippen molar-refractivity contribution < 1.29 is 9.53 Å². The van der Waals surface area contributed by atoms with Crippen molar-refractivity contribution in [3.63, 3.8) is 0 Å². The van der Waals surface area contributed by atoms with Crippen molar-refractivity contribution in [2.24, 2.45) is 0 Å². The molecule has 0 aliphatic rings. The maximum Gasteiger partial charge on any atom is 0.259 e. The van der Waals surface area contributed by atoms with Crippen LogP contribution in [0.4, 0.5) is 5.13 Å². The molecule has 7 heteroatoms. The highest BCUT2D eigenvalue weighted by Crippen LogP contribution is 2.22. The number of ether oxygens (including phenoxy) is 1. The Kier molecular flexibility index (Phi) is 3.88. The van der Waals surface area contributed by atoms with Gasteiger partial charge in [0.2, 0.25) is 5.91 Å². The first-order chi connectivity index (χ1) is 10.7. The fourth-order valence-electron chi connectivity index (χ4n) is 2.19. The standard InChI is InChI=1S/C15H13N3O3S/c1-21-12-4-2-3-11-10(12)5-7-18(14(11)20)9-13(19)17-15-16-6-8-22-15/h2-8H,9H2,1H3,(H,16,17,19). The van der Waals surface area contributed by atoms with E-state index in [-0.39, 0.29) is 18.0 Å². The molecule has 0 spiro atoms. The van der Waals surface area contributed by atoms with Crippen LogP contribution in [-0.4, -0.2) is 22.6 Å². The number of methoxy groups -OCH3 is 1. The normalized spacial score (nSPS) is 10.6. The Morgan fingerprint density at radius 1 is 1.36 bits per heavy atom. The molecule has 0 bridgehead atoms. The molecule has 3 aromatic rings.